The molecule has 1 fully saturated rings. The van der Waals surface area contributed by atoms with Gasteiger partial charge >= 0.3 is 0 Å². The number of hydrogen-bond donors (Lipinski definition) is 0. The predicted octanol–water partition coefficient (Wildman–Crippen LogP) is 4.43. The van der Waals surface area contributed by atoms with Crippen LogP contribution in [0.5, 0.6) is 0 Å². The fourth-order valence-electron chi connectivity index (χ4n) is 2.69. The molecule has 0 radical (unpaired) electrons. The number of benzene rings is 1. The van der Waals surface area contributed by atoms with E-state index in [0.29, 0.717) is 16.6 Å². The molecule has 22 heavy (non-hydrogen) atoms. The third kappa shape index (κ3) is 3.83. The second kappa shape index (κ2) is 7.36. The lowest BCUT2D eigenvalue weighted by molar-refractivity contribution is 0.252. The normalized spacial score (nSPS) is 16.5. The van der Waals surface area contributed by atoms with Gasteiger partial charge in [-0.05, 0) is 37.1 Å². The van der Waals surface area contributed by atoms with Crippen molar-refractivity contribution in [3.8, 4) is 0 Å². The molecule has 0 spiro atoms. The minimum absolute atomic E-state index is 0.349. The monoisotopic (exact) mass is 312 g/mol. The third-order valence-electron chi connectivity index (χ3n) is 3.87. The number of aliphatic imine (C=N–C) groups is 1. The maximum Gasteiger partial charge on any atom is 0.249 e. The van der Waals surface area contributed by atoms with Crippen LogP contribution in [0.1, 0.15) is 37.7 Å². The van der Waals surface area contributed by atoms with Gasteiger partial charge in [-0.2, -0.15) is 4.73 Å². The van der Waals surface area contributed by atoms with Crippen molar-refractivity contribution in [2.45, 2.75) is 38.1 Å². The standard InChI is InChI=1S/C18H20N2OS/c22-17-13-7-8-14-20(17)21-18(15-9-3-1-4-10-15)19-16-11-5-2-6-12-16/h1,3-4,7-10,13-14,16H,2,5-6,11-12H2. The molecule has 0 saturated heterocycles. The van der Waals surface area contributed by atoms with Crippen LogP contribution in [0.4, 0.5) is 0 Å². The van der Waals surface area contributed by atoms with Gasteiger partial charge in [-0.15, -0.1) is 0 Å². The zero-order chi connectivity index (χ0) is 15.2. The second-order valence-electron chi connectivity index (χ2n) is 5.55. The molecule has 1 aromatic heterocycles. The molecule has 4 heteroatoms. The van der Waals surface area contributed by atoms with Crippen LogP contribution in [-0.4, -0.2) is 16.7 Å². The topological polar surface area (TPSA) is 26.5 Å². The Morgan fingerprint density at radius 1 is 1.00 bits per heavy atom. The van der Waals surface area contributed by atoms with E-state index in [1.807, 2.05) is 54.7 Å². The molecule has 1 aliphatic carbocycles. The molecule has 114 valence electrons. The molecule has 1 aromatic carbocycles. The van der Waals surface area contributed by atoms with Crippen LogP contribution >= 0.6 is 12.2 Å². The summed E-state index contributed by atoms with van der Waals surface area (Å²) in [5.74, 6) is 0.648. The van der Waals surface area contributed by atoms with Gasteiger partial charge in [0.2, 0.25) is 5.90 Å². The van der Waals surface area contributed by atoms with Gasteiger partial charge in [0.05, 0.1) is 6.04 Å². The molecule has 0 unspecified atom stereocenters. The van der Waals surface area contributed by atoms with E-state index in [1.165, 1.54) is 19.3 Å². The molecule has 1 saturated carbocycles. The summed E-state index contributed by atoms with van der Waals surface area (Å²) in [5.41, 5.74) is 0.985. The van der Waals surface area contributed by atoms with Crippen LogP contribution in [0.25, 0.3) is 0 Å². The van der Waals surface area contributed by atoms with Crippen LogP contribution in [-0.2, 0) is 0 Å². The van der Waals surface area contributed by atoms with E-state index in [2.05, 4.69) is 0 Å². The molecule has 3 rings (SSSR count). The molecular weight excluding hydrogens is 292 g/mol. The number of nitrogens with zero attached hydrogens (tertiary/aromatic N) is 2. The Labute approximate surface area is 136 Å². The fourth-order valence-corrected chi connectivity index (χ4v) is 2.87. The maximum absolute atomic E-state index is 6.00. The zero-order valence-corrected chi connectivity index (χ0v) is 13.3. The van der Waals surface area contributed by atoms with Crippen LogP contribution in [0.3, 0.4) is 0 Å². The van der Waals surface area contributed by atoms with Gasteiger partial charge in [0.25, 0.3) is 0 Å². The summed E-state index contributed by atoms with van der Waals surface area (Å²) in [6.07, 6.45) is 7.92. The average molecular weight is 312 g/mol. The van der Waals surface area contributed by atoms with E-state index in [1.54, 1.807) is 4.73 Å². The summed E-state index contributed by atoms with van der Waals surface area (Å²) in [6.45, 7) is 0. The Kier molecular flexibility index (Phi) is 5.01. The van der Waals surface area contributed by atoms with E-state index >= 15 is 0 Å². The molecular formula is C18H20N2OS. The minimum atomic E-state index is 0.349. The number of rotatable bonds is 3. The summed E-state index contributed by atoms with van der Waals surface area (Å²) in [7, 11) is 0. The van der Waals surface area contributed by atoms with Crippen molar-refractivity contribution in [2.24, 2.45) is 4.99 Å². The third-order valence-corrected chi connectivity index (χ3v) is 4.18. The van der Waals surface area contributed by atoms with Gasteiger partial charge in [-0.1, -0.05) is 55.7 Å². The number of aromatic nitrogens is 1. The summed E-state index contributed by atoms with van der Waals surface area (Å²) in [6, 6.07) is 16.0. The highest BCUT2D eigenvalue weighted by atomic mass is 32.1. The lowest BCUT2D eigenvalue weighted by atomic mass is 9.96. The van der Waals surface area contributed by atoms with Crippen molar-refractivity contribution in [1.29, 1.82) is 0 Å². The first-order valence-electron chi connectivity index (χ1n) is 7.82. The quantitative estimate of drug-likeness (QED) is 0.476. The summed E-state index contributed by atoms with van der Waals surface area (Å²) < 4.78 is 2.24. The molecule has 0 bridgehead atoms. The van der Waals surface area contributed by atoms with Crippen molar-refractivity contribution in [3.05, 3.63) is 64.9 Å². The highest BCUT2D eigenvalue weighted by molar-refractivity contribution is 7.71. The largest absolute Gasteiger partial charge is 0.354 e. The summed E-state index contributed by atoms with van der Waals surface area (Å²) in [4.78, 5) is 10.9. The molecule has 0 N–H and O–H groups in total. The van der Waals surface area contributed by atoms with E-state index < -0.39 is 0 Å². The van der Waals surface area contributed by atoms with E-state index in [-0.39, 0.29) is 0 Å². The average Bonchev–Trinajstić information content (AvgIpc) is 2.58. The summed E-state index contributed by atoms with van der Waals surface area (Å²) in [5, 5.41) is 0. The molecule has 0 atom stereocenters. The number of hydrogen-bond acceptors (Lipinski definition) is 3. The van der Waals surface area contributed by atoms with Crippen molar-refractivity contribution in [2.75, 3.05) is 0 Å². The Morgan fingerprint density at radius 2 is 1.73 bits per heavy atom. The van der Waals surface area contributed by atoms with E-state index in [9.17, 15) is 0 Å². The lowest BCUT2D eigenvalue weighted by Crippen LogP contribution is -2.24. The Hall–Kier alpha value is -1.94. The molecule has 3 nitrogen and oxygen atoms in total. The minimum Gasteiger partial charge on any atom is -0.354 e. The van der Waals surface area contributed by atoms with Gasteiger partial charge in [0.1, 0.15) is 4.64 Å². The van der Waals surface area contributed by atoms with Crippen LogP contribution in [0, 0.1) is 4.64 Å². The van der Waals surface area contributed by atoms with Gasteiger partial charge < -0.3 is 4.84 Å². The zero-order valence-electron chi connectivity index (χ0n) is 12.5. The fraction of sp³-hybridized carbons (Fsp3) is 0.333. The Balaban J connectivity index is 1.91. The molecule has 0 amide bonds. The van der Waals surface area contributed by atoms with Gasteiger partial charge in [0, 0.05) is 11.8 Å². The smallest absolute Gasteiger partial charge is 0.249 e. The van der Waals surface area contributed by atoms with Gasteiger partial charge in [-0.3, -0.25) is 0 Å². The highest BCUT2D eigenvalue weighted by Crippen LogP contribution is 2.21. The molecule has 0 aliphatic heterocycles. The maximum atomic E-state index is 6.00. The first-order chi connectivity index (χ1) is 10.8. The highest BCUT2D eigenvalue weighted by Gasteiger charge is 2.15. The van der Waals surface area contributed by atoms with Gasteiger partial charge in [0.15, 0.2) is 0 Å². The van der Waals surface area contributed by atoms with Crippen LogP contribution < -0.4 is 4.84 Å². The predicted molar refractivity (Wildman–Crippen MR) is 91.7 cm³/mol. The Morgan fingerprint density at radius 3 is 2.45 bits per heavy atom. The van der Waals surface area contributed by atoms with Crippen LogP contribution in [0.15, 0.2) is 59.7 Å². The van der Waals surface area contributed by atoms with Crippen molar-refractivity contribution < 1.29 is 4.84 Å². The van der Waals surface area contributed by atoms with Crippen molar-refractivity contribution in [1.82, 2.24) is 4.73 Å². The van der Waals surface area contributed by atoms with E-state index in [4.69, 9.17) is 22.0 Å². The van der Waals surface area contributed by atoms with Crippen molar-refractivity contribution in [3.63, 3.8) is 0 Å². The second-order valence-corrected chi connectivity index (χ2v) is 5.97. The Bertz CT molecular complexity index is 687. The van der Waals surface area contributed by atoms with E-state index in [0.717, 1.165) is 18.4 Å². The first-order valence-corrected chi connectivity index (χ1v) is 8.23. The SMILES string of the molecule is S=c1ccccn1OC(=NC1CCCCC1)c1ccccc1. The molecule has 1 aliphatic rings. The molecule has 1 heterocycles. The van der Waals surface area contributed by atoms with Crippen LogP contribution in [0.2, 0.25) is 0 Å². The number of pyridine rings is 1. The first kappa shape index (κ1) is 15.0. The summed E-state index contributed by atoms with van der Waals surface area (Å²) >= 11 is 5.31. The van der Waals surface area contributed by atoms with Gasteiger partial charge in [-0.25, -0.2) is 4.99 Å². The van der Waals surface area contributed by atoms with Crippen molar-refractivity contribution >= 4 is 18.1 Å². The lowest BCUT2D eigenvalue weighted by Gasteiger charge is -2.19. The molecule has 2 aromatic rings.